The quantitative estimate of drug-likeness (QED) is 0.831. The number of benzene rings is 1. The summed E-state index contributed by atoms with van der Waals surface area (Å²) in [6, 6.07) is 9.85. The van der Waals surface area contributed by atoms with E-state index in [2.05, 4.69) is 35.4 Å². The SMILES string of the molecule is CC(C)CCCNc1c(C#N)nnc2ccccc12. The van der Waals surface area contributed by atoms with E-state index in [1.165, 1.54) is 6.42 Å². The summed E-state index contributed by atoms with van der Waals surface area (Å²) in [6.45, 7) is 5.27. The van der Waals surface area contributed by atoms with Gasteiger partial charge in [0, 0.05) is 11.9 Å². The van der Waals surface area contributed by atoms with Gasteiger partial charge in [-0.15, -0.1) is 10.2 Å². The molecule has 1 aromatic heterocycles. The molecule has 0 fully saturated rings. The van der Waals surface area contributed by atoms with Crippen LogP contribution in [0.1, 0.15) is 32.4 Å². The van der Waals surface area contributed by atoms with Gasteiger partial charge in [-0.1, -0.05) is 32.0 Å². The van der Waals surface area contributed by atoms with Gasteiger partial charge in [-0.05, 0) is 24.8 Å². The largest absolute Gasteiger partial charge is 0.382 e. The summed E-state index contributed by atoms with van der Waals surface area (Å²) >= 11 is 0. The van der Waals surface area contributed by atoms with E-state index in [0.717, 1.165) is 29.6 Å². The predicted molar refractivity (Wildman–Crippen MR) is 76.8 cm³/mol. The lowest BCUT2D eigenvalue weighted by Gasteiger charge is -2.11. The van der Waals surface area contributed by atoms with Crippen molar-refractivity contribution in [2.24, 2.45) is 5.92 Å². The summed E-state index contributed by atoms with van der Waals surface area (Å²) in [6.07, 6.45) is 2.25. The van der Waals surface area contributed by atoms with E-state index in [0.29, 0.717) is 11.6 Å². The zero-order chi connectivity index (χ0) is 13.7. The van der Waals surface area contributed by atoms with Gasteiger partial charge in [0.05, 0.1) is 11.2 Å². The number of hydrogen-bond donors (Lipinski definition) is 1. The molecule has 0 saturated heterocycles. The van der Waals surface area contributed by atoms with Crippen LogP contribution in [0.25, 0.3) is 10.9 Å². The third-order valence-corrected chi connectivity index (χ3v) is 3.03. The summed E-state index contributed by atoms with van der Waals surface area (Å²) in [5.41, 5.74) is 1.98. The van der Waals surface area contributed by atoms with E-state index < -0.39 is 0 Å². The first-order valence-corrected chi connectivity index (χ1v) is 6.61. The maximum Gasteiger partial charge on any atom is 0.186 e. The van der Waals surface area contributed by atoms with Crippen molar-refractivity contribution in [3.8, 4) is 6.07 Å². The zero-order valence-corrected chi connectivity index (χ0v) is 11.3. The minimum Gasteiger partial charge on any atom is -0.382 e. The first-order valence-electron chi connectivity index (χ1n) is 6.61. The molecule has 4 heteroatoms. The van der Waals surface area contributed by atoms with E-state index in [-0.39, 0.29) is 0 Å². The minimum atomic E-state index is 0.364. The highest BCUT2D eigenvalue weighted by Crippen LogP contribution is 2.23. The van der Waals surface area contributed by atoms with E-state index in [4.69, 9.17) is 5.26 Å². The van der Waals surface area contributed by atoms with Gasteiger partial charge in [-0.3, -0.25) is 0 Å². The highest BCUT2D eigenvalue weighted by Gasteiger charge is 2.09. The van der Waals surface area contributed by atoms with Crippen molar-refractivity contribution >= 4 is 16.6 Å². The molecule has 4 nitrogen and oxygen atoms in total. The molecule has 1 heterocycles. The van der Waals surface area contributed by atoms with E-state index in [1.807, 2.05) is 24.3 Å². The molecule has 1 aromatic carbocycles. The second kappa shape index (κ2) is 6.14. The lowest BCUT2D eigenvalue weighted by molar-refractivity contribution is 0.567. The standard InChI is InChI=1S/C15H18N4/c1-11(2)6-5-9-17-15-12-7-3-4-8-13(12)18-19-14(15)10-16/h3-4,7-8,11H,5-6,9H2,1-2H3,(H,17,18). The maximum absolute atomic E-state index is 9.13. The van der Waals surface area contributed by atoms with E-state index >= 15 is 0 Å². The van der Waals surface area contributed by atoms with Gasteiger partial charge in [-0.2, -0.15) is 5.26 Å². The van der Waals surface area contributed by atoms with Gasteiger partial charge in [0.2, 0.25) is 0 Å². The molecule has 0 aliphatic rings. The molecule has 2 rings (SSSR count). The van der Waals surface area contributed by atoms with Gasteiger partial charge in [0.15, 0.2) is 5.69 Å². The highest BCUT2D eigenvalue weighted by atomic mass is 15.1. The van der Waals surface area contributed by atoms with Crippen LogP contribution in [0.4, 0.5) is 5.69 Å². The second-order valence-electron chi connectivity index (χ2n) is 5.02. The van der Waals surface area contributed by atoms with E-state index in [1.54, 1.807) is 0 Å². The van der Waals surface area contributed by atoms with Gasteiger partial charge in [0.1, 0.15) is 6.07 Å². The first-order chi connectivity index (χ1) is 9.22. The molecule has 0 radical (unpaired) electrons. The molecule has 19 heavy (non-hydrogen) atoms. The molecule has 0 bridgehead atoms. The second-order valence-corrected chi connectivity index (χ2v) is 5.02. The van der Waals surface area contributed by atoms with Crippen LogP contribution in [0, 0.1) is 17.2 Å². The molecule has 0 aliphatic heterocycles. The fourth-order valence-corrected chi connectivity index (χ4v) is 2.03. The van der Waals surface area contributed by atoms with Gasteiger partial charge in [-0.25, -0.2) is 0 Å². The molecule has 98 valence electrons. The number of hydrogen-bond acceptors (Lipinski definition) is 4. The number of nitrogens with one attached hydrogen (secondary N) is 1. The Balaban J connectivity index is 2.22. The third-order valence-electron chi connectivity index (χ3n) is 3.03. The highest BCUT2D eigenvalue weighted by molar-refractivity contribution is 5.92. The molecule has 0 aliphatic carbocycles. The van der Waals surface area contributed by atoms with Crippen molar-refractivity contribution in [1.82, 2.24) is 10.2 Å². The van der Waals surface area contributed by atoms with Crippen LogP contribution in [0.5, 0.6) is 0 Å². The smallest absolute Gasteiger partial charge is 0.186 e. The Morgan fingerprint density at radius 2 is 2.05 bits per heavy atom. The number of nitriles is 1. The number of rotatable bonds is 5. The molecule has 0 unspecified atom stereocenters. The van der Waals surface area contributed by atoms with Crippen LogP contribution in [0.3, 0.4) is 0 Å². The monoisotopic (exact) mass is 254 g/mol. The Morgan fingerprint density at radius 3 is 2.79 bits per heavy atom. The summed E-state index contributed by atoms with van der Waals surface area (Å²) in [5.74, 6) is 0.699. The first kappa shape index (κ1) is 13.3. The molecule has 2 aromatic rings. The number of fused-ring (bicyclic) bond motifs is 1. The van der Waals surface area contributed by atoms with Crippen molar-refractivity contribution in [1.29, 1.82) is 5.26 Å². The number of anilines is 1. The Bertz CT molecular complexity index is 599. The molecule has 0 amide bonds. The molecular formula is C15H18N4. The van der Waals surface area contributed by atoms with Crippen molar-refractivity contribution in [2.75, 3.05) is 11.9 Å². The van der Waals surface area contributed by atoms with Gasteiger partial charge in [0.25, 0.3) is 0 Å². The van der Waals surface area contributed by atoms with Crippen LogP contribution >= 0.6 is 0 Å². The maximum atomic E-state index is 9.13. The van der Waals surface area contributed by atoms with Gasteiger partial charge < -0.3 is 5.32 Å². The Kier molecular flexibility index (Phi) is 4.30. The molecular weight excluding hydrogens is 236 g/mol. The van der Waals surface area contributed by atoms with E-state index in [9.17, 15) is 0 Å². The Morgan fingerprint density at radius 1 is 1.26 bits per heavy atom. The Labute approximate surface area is 113 Å². The average molecular weight is 254 g/mol. The van der Waals surface area contributed by atoms with Crippen LogP contribution in [0.15, 0.2) is 24.3 Å². The fourth-order valence-electron chi connectivity index (χ4n) is 2.03. The lowest BCUT2D eigenvalue weighted by atomic mass is 10.1. The van der Waals surface area contributed by atoms with Crippen LogP contribution < -0.4 is 5.32 Å². The molecule has 0 atom stereocenters. The van der Waals surface area contributed by atoms with Crippen LogP contribution in [-0.2, 0) is 0 Å². The third kappa shape index (κ3) is 3.19. The minimum absolute atomic E-state index is 0.364. The topological polar surface area (TPSA) is 61.6 Å². The van der Waals surface area contributed by atoms with Crippen molar-refractivity contribution in [3.63, 3.8) is 0 Å². The fraction of sp³-hybridized carbons (Fsp3) is 0.400. The molecule has 0 spiro atoms. The van der Waals surface area contributed by atoms with Crippen LogP contribution in [-0.4, -0.2) is 16.7 Å². The summed E-state index contributed by atoms with van der Waals surface area (Å²) < 4.78 is 0. The van der Waals surface area contributed by atoms with Crippen molar-refractivity contribution in [2.45, 2.75) is 26.7 Å². The van der Waals surface area contributed by atoms with Gasteiger partial charge >= 0.3 is 0 Å². The summed E-state index contributed by atoms with van der Waals surface area (Å²) in [5, 5.41) is 21.4. The van der Waals surface area contributed by atoms with Crippen molar-refractivity contribution in [3.05, 3.63) is 30.0 Å². The number of nitrogens with zero attached hydrogens (tertiary/aromatic N) is 3. The Hall–Kier alpha value is -2.15. The predicted octanol–water partition coefficient (Wildman–Crippen LogP) is 3.35. The average Bonchev–Trinajstić information content (AvgIpc) is 2.43. The normalized spacial score (nSPS) is 10.6. The zero-order valence-electron chi connectivity index (χ0n) is 11.3. The van der Waals surface area contributed by atoms with Crippen LogP contribution in [0.2, 0.25) is 0 Å². The van der Waals surface area contributed by atoms with Crippen molar-refractivity contribution < 1.29 is 0 Å². The number of aromatic nitrogens is 2. The lowest BCUT2D eigenvalue weighted by Crippen LogP contribution is -2.07. The summed E-state index contributed by atoms with van der Waals surface area (Å²) in [4.78, 5) is 0. The molecule has 0 saturated carbocycles. The molecule has 1 N–H and O–H groups in total. The summed E-state index contributed by atoms with van der Waals surface area (Å²) in [7, 11) is 0.